The lowest BCUT2D eigenvalue weighted by Crippen LogP contribution is -2.15. The number of carbonyl (C=O) groups excluding carboxylic acids is 2. The summed E-state index contributed by atoms with van der Waals surface area (Å²) >= 11 is 0. The number of ketones is 1. The van der Waals surface area contributed by atoms with E-state index in [0.29, 0.717) is 16.9 Å². The Balaban J connectivity index is 2.48. The first kappa shape index (κ1) is 20.2. The molecule has 0 amide bonds. The molecule has 142 valence electrons. The van der Waals surface area contributed by atoms with E-state index < -0.39 is 5.97 Å². The van der Waals surface area contributed by atoms with Gasteiger partial charge in [-0.3, -0.25) is 4.79 Å². The van der Waals surface area contributed by atoms with Gasteiger partial charge in [0.2, 0.25) is 0 Å². The fraction of sp³-hybridized carbons (Fsp3) is 0.273. The Morgan fingerprint density at radius 1 is 1.15 bits per heavy atom. The summed E-state index contributed by atoms with van der Waals surface area (Å²) in [7, 11) is 1.47. The number of para-hydroxylation sites is 1. The Morgan fingerprint density at radius 3 is 2.41 bits per heavy atom. The third-order valence-corrected chi connectivity index (χ3v) is 4.16. The van der Waals surface area contributed by atoms with Gasteiger partial charge in [0.25, 0.3) is 0 Å². The van der Waals surface area contributed by atoms with Gasteiger partial charge in [0.15, 0.2) is 5.78 Å². The maximum atomic E-state index is 12.5. The molecule has 2 aromatic rings. The third-order valence-electron chi connectivity index (χ3n) is 4.16. The summed E-state index contributed by atoms with van der Waals surface area (Å²) in [4.78, 5) is 24.9. The number of methoxy groups -OCH3 is 1. The molecule has 0 aliphatic carbocycles. The number of carbonyl (C=O) groups is 2. The van der Waals surface area contributed by atoms with Crippen LogP contribution in [0.5, 0.6) is 11.5 Å². The summed E-state index contributed by atoms with van der Waals surface area (Å²) in [6, 6.07) is 8.17. The van der Waals surface area contributed by atoms with E-state index in [0.717, 1.165) is 11.1 Å². The van der Waals surface area contributed by atoms with Gasteiger partial charge in [-0.1, -0.05) is 12.1 Å². The van der Waals surface area contributed by atoms with E-state index in [2.05, 4.69) is 0 Å². The Morgan fingerprint density at radius 2 is 1.81 bits per heavy atom. The van der Waals surface area contributed by atoms with Crippen LogP contribution in [0.1, 0.15) is 51.3 Å². The fourth-order valence-electron chi connectivity index (χ4n) is 2.72. The second-order valence-electron chi connectivity index (χ2n) is 6.48. The highest BCUT2D eigenvalue weighted by molar-refractivity contribution is 6.09. The number of esters is 1. The molecule has 0 saturated heterocycles. The van der Waals surface area contributed by atoms with Crippen molar-refractivity contribution in [2.45, 2.75) is 33.8 Å². The van der Waals surface area contributed by atoms with Crippen molar-refractivity contribution in [2.75, 3.05) is 7.11 Å². The number of phenols is 1. The van der Waals surface area contributed by atoms with Crippen molar-refractivity contribution in [1.29, 1.82) is 0 Å². The molecule has 1 N–H and O–H groups in total. The minimum absolute atomic E-state index is 0.0830. The molecule has 5 nitrogen and oxygen atoms in total. The number of rotatable bonds is 6. The highest BCUT2D eigenvalue weighted by atomic mass is 16.5. The summed E-state index contributed by atoms with van der Waals surface area (Å²) in [5.41, 5.74) is 2.78. The zero-order valence-corrected chi connectivity index (χ0v) is 16.2. The SMILES string of the molecule is COc1c(C=CC(=O)c2ccccc2O)cc(C)c(C)c1C(=O)OC(C)C. The Hall–Kier alpha value is -3.08. The number of allylic oxidation sites excluding steroid dienone is 1. The molecule has 0 spiro atoms. The quantitative estimate of drug-likeness (QED) is 0.462. The monoisotopic (exact) mass is 368 g/mol. The van der Waals surface area contributed by atoms with Gasteiger partial charge in [0, 0.05) is 5.56 Å². The van der Waals surface area contributed by atoms with Crippen LogP contribution in [0.25, 0.3) is 6.08 Å². The zero-order chi connectivity index (χ0) is 20.1. The first-order valence-electron chi connectivity index (χ1n) is 8.65. The summed E-state index contributed by atoms with van der Waals surface area (Å²) in [6.45, 7) is 7.27. The van der Waals surface area contributed by atoms with Gasteiger partial charge in [0.1, 0.15) is 17.1 Å². The number of aromatic hydroxyl groups is 1. The maximum Gasteiger partial charge on any atom is 0.342 e. The molecule has 0 bridgehead atoms. The number of hydrogen-bond donors (Lipinski definition) is 1. The first-order valence-corrected chi connectivity index (χ1v) is 8.65. The van der Waals surface area contributed by atoms with Gasteiger partial charge in [-0.2, -0.15) is 0 Å². The number of aryl methyl sites for hydroxylation is 1. The van der Waals surface area contributed by atoms with Gasteiger partial charge in [-0.25, -0.2) is 4.79 Å². The molecule has 2 aromatic carbocycles. The van der Waals surface area contributed by atoms with Crippen LogP contribution >= 0.6 is 0 Å². The highest BCUT2D eigenvalue weighted by Gasteiger charge is 2.22. The van der Waals surface area contributed by atoms with Crippen LogP contribution in [0.2, 0.25) is 0 Å². The van der Waals surface area contributed by atoms with E-state index in [1.54, 1.807) is 38.1 Å². The van der Waals surface area contributed by atoms with Gasteiger partial charge >= 0.3 is 5.97 Å². The number of hydrogen-bond acceptors (Lipinski definition) is 5. The molecule has 0 aliphatic heterocycles. The predicted octanol–water partition coefficient (Wildman–Crippen LogP) is 4.48. The molecule has 0 aliphatic rings. The van der Waals surface area contributed by atoms with Crippen molar-refractivity contribution in [3.63, 3.8) is 0 Å². The maximum absolute atomic E-state index is 12.5. The second-order valence-corrected chi connectivity index (χ2v) is 6.48. The summed E-state index contributed by atoms with van der Waals surface area (Å²) in [5.74, 6) is -0.546. The lowest BCUT2D eigenvalue weighted by atomic mass is 9.97. The van der Waals surface area contributed by atoms with Crippen LogP contribution in [-0.2, 0) is 4.74 Å². The van der Waals surface area contributed by atoms with Crippen molar-refractivity contribution in [2.24, 2.45) is 0 Å². The molecule has 2 rings (SSSR count). The van der Waals surface area contributed by atoms with Gasteiger partial charge in [0.05, 0.1) is 18.8 Å². The lowest BCUT2D eigenvalue weighted by Gasteiger charge is -2.17. The van der Waals surface area contributed by atoms with Gasteiger partial charge < -0.3 is 14.6 Å². The van der Waals surface area contributed by atoms with Crippen molar-refractivity contribution in [3.05, 3.63) is 64.2 Å². The van der Waals surface area contributed by atoms with Crippen LogP contribution in [0, 0.1) is 13.8 Å². The van der Waals surface area contributed by atoms with E-state index in [-0.39, 0.29) is 23.2 Å². The van der Waals surface area contributed by atoms with Crippen molar-refractivity contribution >= 4 is 17.8 Å². The normalized spacial score (nSPS) is 11.0. The van der Waals surface area contributed by atoms with Crippen molar-refractivity contribution in [3.8, 4) is 11.5 Å². The van der Waals surface area contributed by atoms with Crippen LogP contribution < -0.4 is 4.74 Å². The molecule has 0 unspecified atom stereocenters. The number of phenolic OH excluding ortho intramolecular Hbond substituents is 1. The summed E-state index contributed by atoms with van der Waals surface area (Å²) < 4.78 is 10.8. The van der Waals surface area contributed by atoms with E-state index in [1.165, 1.54) is 19.3 Å². The summed E-state index contributed by atoms with van der Waals surface area (Å²) in [5, 5.41) is 9.82. The predicted molar refractivity (Wildman–Crippen MR) is 104 cm³/mol. The first-order chi connectivity index (χ1) is 12.8. The smallest absolute Gasteiger partial charge is 0.342 e. The lowest BCUT2D eigenvalue weighted by molar-refractivity contribution is 0.0373. The number of benzene rings is 2. The molecule has 0 aromatic heterocycles. The third kappa shape index (κ3) is 4.56. The molecular formula is C22H24O5. The van der Waals surface area contributed by atoms with E-state index in [4.69, 9.17) is 9.47 Å². The minimum atomic E-state index is -0.468. The second kappa shape index (κ2) is 8.54. The van der Waals surface area contributed by atoms with Gasteiger partial charge in [-0.05, 0) is 69.2 Å². The largest absolute Gasteiger partial charge is 0.507 e. The average molecular weight is 368 g/mol. The zero-order valence-electron chi connectivity index (χ0n) is 16.2. The molecule has 5 heteroatoms. The van der Waals surface area contributed by atoms with Gasteiger partial charge in [-0.15, -0.1) is 0 Å². The standard InChI is InChI=1S/C22H24O5/c1-13(2)27-22(25)20-15(4)14(3)12-16(21(20)26-5)10-11-19(24)17-8-6-7-9-18(17)23/h6-13,23H,1-5H3. The van der Waals surface area contributed by atoms with Crippen LogP contribution in [-0.4, -0.2) is 30.1 Å². The summed E-state index contributed by atoms with van der Waals surface area (Å²) in [6.07, 6.45) is 2.66. The molecule has 0 saturated carbocycles. The van der Waals surface area contributed by atoms with Crippen LogP contribution in [0.3, 0.4) is 0 Å². The van der Waals surface area contributed by atoms with Crippen LogP contribution in [0.15, 0.2) is 36.4 Å². The molecule has 0 fully saturated rings. The molecular weight excluding hydrogens is 344 g/mol. The minimum Gasteiger partial charge on any atom is -0.507 e. The molecule has 0 heterocycles. The Bertz CT molecular complexity index is 894. The topological polar surface area (TPSA) is 72.8 Å². The Kier molecular flexibility index (Phi) is 6.40. The molecule has 0 radical (unpaired) electrons. The van der Waals surface area contributed by atoms with E-state index in [9.17, 15) is 14.7 Å². The fourth-order valence-corrected chi connectivity index (χ4v) is 2.72. The van der Waals surface area contributed by atoms with Crippen molar-refractivity contribution < 1.29 is 24.2 Å². The number of ether oxygens (including phenoxy) is 2. The van der Waals surface area contributed by atoms with Crippen molar-refractivity contribution in [1.82, 2.24) is 0 Å². The molecule has 0 atom stereocenters. The Labute approximate surface area is 159 Å². The molecule has 27 heavy (non-hydrogen) atoms. The highest BCUT2D eigenvalue weighted by Crippen LogP contribution is 2.32. The van der Waals surface area contributed by atoms with E-state index >= 15 is 0 Å². The van der Waals surface area contributed by atoms with Crippen LogP contribution in [0.4, 0.5) is 0 Å². The van der Waals surface area contributed by atoms with E-state index in [1.807, 2.05) is 19.9 Å². The average Bonchev–Trinajstić information content (AvgIpc) is 2.61.